The number of ether oxygens (including phenoxy) is 1. The van der Waals surface area contributed by atoms with Crippen molar-refractivity contribution >= 4 is 12.0 Å². The molecule has 1 atom stereocenters. The van der Waals surface area contributed by atoms with Gasteiger partial charge >= 0.3 is 0 Å². The van der Waals surface area contributed by atoms with Crippen LogP contribution >= 0.6 is 0 Å². The molecule has 5 heteroatoms. The highest BCUT2D eigenvalue weighted by Crippen LogP contribution is 2.13. The molecular weight excluding hydrogens is 242 g/mol. The maximum Gasteiger partial charge on any atom is 0.244 e. The SMILES string of the molecule is Cc1nn(C)c(C)c1/C=C/C(=O)NC[C@H]1CCCO1. The van der Waals surface area contributed by atoms with Crippen molar-refractivity contribution < 1.29 is 9.53 Å². The minimum Gasteiger partial charge on any atom is -0.376 e. The highest BCUT2D eigenvalue weighted by atomic mass is 16.5. The topological polar surface area (TPSA) is 56.2 Å². The zero-order valence-electron chi connectivity index (χ0n) is 11.8. The van der Waals surface area contributed by atoms with Gasteiger partial charge in [0.2, 0.25) is 5.91 Å². The van der Waals surface area contributed by atoms with Crippen molar-refractivity contribution in [2.24, 2.45) is 7.05 Å². The monoisotopic (exact) mass is 263 g/mol. The van der Waals surface area contributed by atoms with Gasteiger partial charge in [-0.25, -0.2) is 0 Å². The van der Waals surface area contributed by atoms with Gasteiger partial charge in [-0.05, 0) is 32.8 Å². The van der Waals surface area contributed by atoms with Gasteiger partial charge in [-0.1, -0.05) is 0 Å². The number of hydrogen-bond acceptors (Lipinski definition) is 3. The fourth-order valence-electron chi connectivity index (χ4n) is 2.27. The average molecular weight is 263 g/mol. The molecule has 104 valence electrons. The number of carbonyl (C=O) groups is 1. The third-order valence-electron chi connectivity index (χ3n) is 3.49. The predicted octanol–water partition coefficient (Wildman–Crippen LogP) is 1.35. The number of carbonyl (C=O) groups excluding carboxylic acids is 1. The first-order valence-electron chi connectivity index (χ1n) is 6.65. The number of rotatable bonds is 4. The maximum atomic E-state index is 11.7. The summed E-state index contributed by atoms with van der Waals surface area (Å²) in [5, 5.41) is 7.17. The van der Waals surface area contributed by atoms with E-state index in [-0.39, 0.29) is 12.0 Å². The number of nitrogens with zero attached hydrogens (tertiary/aromatic N) is 2. The Morgan fingerprint density at radius 3 is 2.95 bits per heavy atom. The molecule has 5 nitrogen and oxygen atoms in total. The molecule has 0 radical (unpaired) electrons. The molecule has 0 aromatic carbocycles. The van der Waals surface area contributed by atoms with Crippen LogP contribution in [0.15, 0.2) is 6.08 Å². The van der Waals surface area contributed by atoms with E-state index < -0.39 is 0 Å². The summed E-state index contributed by atoms with van der Waals surface area (Å²) < 4.78 is 7.27. The molecular formula is C14H21N3O2. The van der Waals surface area contributed by atoms with E-state index in [0.29, 0.717) is 6.54 Å². The first-order chi connectivity index (χ1) is 9.08. The Kier molecular flexibility index (Phi) is 4.37. The van der Waals surface area contributed by atoms with Gasteiger partial charge in [0.15, 0.2) is 0 Å². The summed E-state index contributed by atoms with van der Waals surface area (Å²) in [5.41, 5.74) is 3.00. The molecule has 0 aliphatic carbocycles. The third kappa shape index (κ3) is 3.44. The second-order valence-corrected chi connectivity index (χ2v) is 4.92. The third-order valence-corrected chi connectivity index (χ3v) is 3.49. The first-order valence-corrected chi connectivity index (χ1v) is 6.65. The van der Waals surface area contributed by atoms with Crippen LogP contribution in [0, 0.1) is 13.8 Å². The van der Waals surface area contributed by atoms with Gasteiger partial charge in [-0.3, -0.25) is 9.48 Å². The van der Waals surface area contributed by atoms with Crippen molar-refractivity contribution in [1.29, 1.82) is 0 Å². The summed E-state index contributed by atoms with van der Waals surface area (Å²) in [4.78, 5) is 11.7. The van der Waals surface area contributed by atoms with Crippen LogP contribution in [0.1, 0.15) is 29.8 Å². The molecule has 0 unspecified atom stereocenters. The lowest BCUT2D eigenvalue weighted by Crippen LogP contribution is -2.30. The fraction of sp³-hybridized carbons (Fsp3) is 0.571. The lowest BCUT2D eigenvalue weighted by molar-refractivity contribution is -0.116. The Labute approximate surface area is 113 Å². The fourth-order valence-corrected chi connectivity index (χ4v) is 2.27. The molecule has 1 saturated heterocycles. The van der Waals surface area contributed by atoms with E-state index in [2.05, 4.69) is 10.4 Å². The highest BCUT2D eigenvalue weighted by Gasteiger charge is 2.15. The molecule has 0 spiro atoms. The molecule has 2 heterocycles. The standard InChI is InChI=1S/C14H21N3O2/c1-10-13(11(2)17(3)16-10)6-7-14(18)15-9-12-5-4-8-19-12/h6-7,12H,4-5,8-9H2,1-3H3,(H,15,18)/b7-6+/t12-/m1/s1. The minimum absolute atomic E-state index is 0.0850. The quantitative estimate of drug-likeness (QED) is 0.834. The molecule has 1 N–H and O–H groups in total. The van der Waals surface area contributed by atoms with Crippen LogP contribution in [0.2, 0.25) is 0 Å². The summed E-state index contributed by atoms with van der Waals surface area (Å²) >= 11 is 0. The van der Waals surface area contributed by atoms with Gasteiger partial charge in [0.05, 0.1) is 11.8 Å². The summed E-state index contributed by atoms with van der Waals surface area (Å²) in [6.45, 7) is 5.33. The van der Waals surface area contributed by atoms with E-state index >= 15 is 0 Å². The molecule has 1 aromatic rings. The number of aromatic nitrogens is 2. The van der Waals surface area contributed by atoms with Crippen LogP contribution < -0.4 is 5.32 Å². The number of amides is 1. The van der Waals surface area contributed by atoms with Crippen molar-refractivity contribution in [3.8, 4) is 0 Å². The molecule has 1 amide bonds. The Morgan fingerprint density at radius 2 is 2.37 bits per heavy atom. The Hall–Kier alpha value is -1.62. The molecule has 1 aliphatic heterocycles. The van der Waals surface area contributed by atoms with Gasteiger partial charge < -0.3 is 10.1 Å². The number of nitrogens with one attached hydrogen (secondary N) is 1. The zero-order valence-corrected chi connectivity index (χ0v) is 11.8. The van der Waals surface area contributed by atoms with E-state index in [9.17, 15) is 4.79 Å². The summed E-state index contributed by atoms with van der Waals surface area (Å²) in [6.07, 6.45) is 5.68. The van der Waals surface area contributed by atoms with E-state index in [0.717, 1.165) is 36.4 Å². The van der Waals surface area contributed by atoms with Crippen molar-refractivity contribution in [2.75, 3.05) is 13.2 Å². The van der Waals surface area contributed by atoms with E-state index in [1.165, 1.54) is 0 Å². The minimum atomic E-state index is -0.0850. The van der Waals surface area contributed by atoms with Crippen LogP contribution in [0.25, 0.3) is 6.08 Å². The van der Waals surface area contributed by atoms with Gasteiger partial charge in [0.1, 0.15) is 0 Å². The van der Waals surface area contributed by atoms with Crippen LogP contribution in [0.5, 0.6) is 0 Å². The van der Waals surface area contributed by atoms with Crippen LogP contribution in [-0.4, -0.2) is 34.9 Å². The predicted molar refractivity (Wildman–Crippen MR) is 73.7 cm³/mol. The molecule has 1 aliphatic rings. The van der Waals surface area contributed by atoms with Crippen molar-refractivity contribution in [2.45, 2.75) is 32.8 Å². The molecule has 0 bridgehead atoms. The molecule has 0 saturated carbocycles. The van der Waals surface area contributed by atoms with Crippen LogP contribution in [0.3, 0.4) is 0 Å². The number of aryl methyl sites for hydroxylation is 2. The number of hydrogen-bond donors (Lipinski definition) is 1. The molecule has 1 aromatic heterocycles. The lowest BCUT2D eigenvalue weighted by Gasteiger charge is -2.08. The Bertz CT molecular complexity index is 485. The van der Waals surface area contributed by atoms with Gasteiger partial charge in [-0.2, -0.15) is 5.10 Å². The first kappa shape index (κ1) is 13.8. The normalized spacial score (nSPS) is 19.2. The lowest BCUT2D eigenvalue weighted by atomic mass is 10.2. The van der Waals surface area contributed by atoms with Gasteiger partial charge in [0.25, 0.3) is 0 Å². The summed E-state index contributed by atoms with van der Waals surface area (Å²) in [6, 6.07) is 0. The van der Waals surface area contributed by atoms with Crippen molar-refractivity contribution in [3.05, 3.63) is 23.0 Å². The van der Waals surface area contributed by atoms with Gasteiger partial charge in [0, 0.05) is 37.5 Å². The van der Waals surface area contributed by atoms with Crippen LogP contribution in [-0.2, 0) is 16.6 Å². The van der Waals surface area contributed by atoms with Crippen LogP contribution in [0.4, 0.5) is 0 Å². The zero-order chi connectivity index (χ0) is 13.8. The molecule has 2 rings (SSSR count). The second-order valence-electron chi connectivity index (χ2n) is 4.92. The Morgan fingerprint density at radius 1 is 1.58 bits per heavy atom. The van der Waals surface area contributed by atoms with E-state index in [4.69, 9.17) is 4.74 Å². The highest BCUT2D eigenvalue weighted by molar-refractivity contribution is 5.92. The largest absolute Gasteiger partial charge is 0.376 e. The van der Waals surface area contributed by atoms with E-state index in [1.54, 1.807) is 6.08 Å². The van der Waals surface area contributed by atoms with E-state index in [1.807, 2.05) is 31.7 Å². The average Bonchev–Trinajstić information content (AvgIpc) is 2.96. The van der Waals surface area contributed by atoms with Crippen molar-refractivity contribution in [3.63, 3.8) is 0 Å². The molecule has 1 fully saturated rings. The maximum absolute atomic E-state index is 11.7. The van der Waals surface area contributed by atoms with Crippen molar-refractivity contribution in [1.82, 2.24) is 15.1 Å². The molecule has 19 heavy (non-hydrogen) atoms. The summed E-state index contributed by atoms with van der Waals surface area (Å²) in [7, 11) is 1.90. The smallest absolute Gasteiger partial charge is 0.244 e. The second kappa shape index (κ2) is 6.02. The van der Waals surface area contributed by atoms with Gasteiger partial charge in [-0.15, -0.1) is 0 Å². The Balaban J connectivity index is 1.88. The summed E-state index contributed by atoms with van der Waals surface area (Å²) in [5.74, 6) is -0.0850.